The molecule has 0 spiro atoms. The van der Waals surface area contributed by atoms with Crippen molar-refractivity contribution in [1.29, 1.82) is 0 Å². The molecule has 0 aromatic heterocycles. The van der Waals surface area contributed by atoms with Crippen LogP contribution in [0.2, 0.25) is 0 Å². The van der Waals surface area contributed by atoms with Crippen molar-refractivity contribution in [2.45, 2.75) is 39.8 Å². The van der Waals surface area contributed by atoms with E-state index >= 15 is 0 Å². The summed E-state index contributed by atoms with van der Waals surface area (Å²) in [4.78, 5) is 11.0. The molecule has 2 nitrogen and oxygen atoms in total. The van der Waals surface area contributed by atoms with Crippen LogP contribution in [0.4, 0.5) is 13.2 Å². The van der Waals surface area contributed by atoms with Gasteiger partial charge < -0.3 is 4.74 Å². The molecule has 0 aliphatic carbocycles. The lowest BCUT2D eigenvalue weighted by Crippen LogP contribution is -2.41. The molecule has 0 rings (SSSR count). The average Bonchev–Trinajstić information content (AvgIpc) is 2.02. The summed E-state index contributed by atoms with van der Waals surface area (Å²) in [5, 5.41) is 0. The Morgan fingerprint density at radius 1 is 1.29 bits per heavy atom. The maximum atomic E-state index is 12.3. The van der Waals surface area contributed by atoms with Crippen LogP contribution in [0.25, 0.3) is 0 Å². The van der Waals surface area contributed by atoms with Crippen molar-refractivity contribution in [3.05, 3.63) is 0 Å². The maximum Gasteiger partial charge on any atom is 0.404 e. The Kier molecular flexibility index (Phi) is 4.42. The highest BCUT2D eigenvalue weighted by atomic mass is 19.4. The number of carbonyl (C=O) groups is 1. The van der Waals surface area contributed by atoms with Crippen LogP contribution in [-0.4, -0.2) is 18.8 Å². The van der Waals surface area contributed by atoms with Crippen molar-refractivity contribution in [1.82, 2.24) is 0 Å². The normalized spacial score (nSPS) is 12.7. The van der Waals surface area contributed by atoms with Gasteiger partial charge >= 0.3 is 12.1 Å². The van der Waals surface area contributed by atoms with Gasteiger partial charge in [0.05, 0.1) is 6.61 Å². The molecule has 0 radical (unpaired) electrons. The van der Waals surface area contributed by atoms with Gasteiger partial charge in [0.1, 0.15) is 0 Å². The number of hydrogen-bond donors (Lipinski definition) is 0. The number of ether oxygens (including phenoxy) is 1. The molecule has 0 heterocycles. The number of esters is 1. The molecule has 0 fully saturated rings. The van der Waals surface area contributed by atoms with Crippen molar-refractivity contribution in [2.24, 2.45) is 5.41 Å². The number of unbranched alkanes of at least 4 members (excludes halogenated alkanes) is 1. The smallest absolute Gasteiger partial charge is 0.404 e. The zero-order valence-corrected chi connectivity index (χ0v) is 8.57. The summed E-state index contributed by atoms with van der Waals surface area (Å²) in [5.74, 6) is -1.21. The summed E-state index contributed by atoms with van der Waals surface area (Å²) in [6.45, 7) is 3.56. The van der Waals surface area contributed by atoms with Crippen molar-refractivity contribution in [3.63, 3.8) is 0 Å². The first kappa shape index (κ1) is 13.3. The molecular weight excluding hydrogens is 197 g/mol. The Morgan fingerprint density at radius 2 is 1.79 bits per heavy atom. The third-order valence-corrected chi connectivity index (χ3v) is 1.95. The van der Waals surface area contributed by atoms with Gasteiger partial charge in [0.25, 0.3) is 0 Å². The molecule has 0 saturated carbocycles. The summed E-state index contributed by atoms with van der Waals surface area (Å²) in [6, 6.07) is 0. The Labute approximate surface area is 81.4 Å². The van der Waals surface area contributed by atoms with E-state index in [-0.39, 0.29) is 6.61 Å². The zero-order valence-electron chi connectivity index (χ0n) is 8.57. The van der Waals surface area contributed by atoms with E-state index in [0.717, 1.165) is 20.3 Å². The lowest BCUT2D eigenvalue weighted by atomic mass is 9.93. The molecule has 0 unspecified atom stereocenters. The second-order valence-electron chi connectivity index (χ2n) is 3.61. The van der Waals surface area contributed by atoms with Gasteiger partial charge in [-0.3, -0.25) is 4.79 Å². The summed E-state index contributed by atoms with van der Waals surface area (Å²) >= 11 is 0. The maximum absolute atomic E-state index is 12.3. The van der Waals surface area contributed by atoms with E-state index in [9.17, 15) is 18.0 Å². The van der Waals surface area contributed by atoms with E-state index in [0.29, 0.717) is 6.42 Å². The number of carbonyl (C=O) groups excluding carboxylic acids is 1. The van der Waals surface area contributed by atoms with Gasteiger partial charge in [-0.05, 0) is 20.3 Å². The highest BCUT2D eigenvalue weighted by molar-refractivity contribution is 5.76. The standard InChI is InChI=1S/C9H15F3O2/c1-4-5-6-14-7(13)8(2,3)9(10,11)12/h4-6H2,1-3H3. The molecule has 0 bridgehead atoms. The number of halogens is 3. The summed E-state index contributed by atoms with van der Waals surface area (Å²) < 4.78 is 41.4. The summed E-state index contributed by atoms with van der Waals surface area (Å²) in [7, 11) is 0. The van der Waals surface area contributed by atoms with Crippen molar-refractivity contribution in [3.8, 4) is 0 Å². The first-order chi connectivity index (χ1) is 6.23. The average molecular weight is 212 g/mol. The first-order valence-electron chi connectivity index (χ1n) is 4.47. The summed E-state index contributed by atoms with van der Waals surface area (Å²) in [5.41, 5.74) is -2.42. The molecule has 0 aromatic carbocycles. The van der Waals surface area contributed by atoms with Crippen LogP contribution in [0.1, 0.15) is 33.6 Å². The van der Waals surface area contributed by atoms with E-state index in [4.69, 9.17) is 0 Å². The Bertz CT molecular complexity index is 197. The monoisotopic (exact) mass is 212 g/mol. The molecule has 0 aliphatic rings. The minimum atomic E-state index is -4.56. The highest BCUT2D eigenvalue weighted by Gasteiger charge is 2.54. The molecule has 0 amide bonds. The number of rotatable bonds is 4. The van der Waals surface area contributed by atoms with Crippen LogP contribution < -0.4 is 0 Å². The van der Waals surface area contributed by atoms with Gasteiger partial charge in [0.15, 0.2) is 5.41 Å². The van der Waals surface area contributed by atoms with E-state index in [2.05, 4.69) is 4.74 Å². The van der Waals surface area contributed by atoms with Gasteiger partial charge in [0.2, 0.25) is 0 Å². The third-order valence-electron chi connectivity index (χ3n) is 1.95. The molecule has 0 atom stereocenters. The van der Waals surface area contributed by atoms with Crippen LogP contribution in [0.5, 0.6) is 0 Å². The van der Waals surface area contributed by atoms with Crippen molar-refractivity contribution in [2.75, 3.05) is 6.61 Å². The van der Waals surface area contributed by atoms with Gasteiger partial charge in [-0.2, -0.15) is 13.2 Å². The Morgan fingerprint density at radius 3 is 2.14 bits per heavy atom. The molecule has 84 valence electrons. The lowest BCUT2D eigenvalue weighted by Gasteiger charge is -2.25. The van der Waals surface area contributed by atoms with Gasteiger partial charge in [-0.15, -0.1) is 0 Å². The predicted octanol–water partition coefficient (Wildman–Crippen LogP) is 2.92. The van der Waals surface area contributed by atoms with Crippen LogP contribution in [0.15, 0.2) is 0 Å². The van der Waals surface area contributed by atoms with Crippen LogP contribution in [-0.2, 0) is 9.53 Å². The van der Waals surface area contributed by atoms with E-state index < -0.39 is 17.6 Å². The fourth-order valence-electron chi connectivity index (χ4n) is 0.605. The SMILES string of the molecule is CCCCOC(=O)C(C)(C)C(F)(F)F. The second kappa shape index (κ2) is 4.66. The molecule has 5 heteroatoms. The van der Waals surface area contributed by atoms with E-state index in [1.54, 1.807) is 0 Å². The number of alkyl halides is 3. The van der Waals surface area contributed by atoms with E-state index in [1.807, 2.05) is 6.92 Å². The van der Waals surface area contributed by atoms with Gasteiger partial charge in [-0.25, -0.2) is 0 Å². The molecule has 14 heavy (non-hydrogen) atoms. The topological polar surface area (TPSA) is 26.3 Å². The minimum Gasteiger partial charge on any atom is -0.465 e. The number of hydrogen-bond acceptors (Lipinski definition) is 2. The Balaban J connectivity index is 4.23. The quantitative estimate of drug-likeness (QED) is 0.529. The van der Waals surface area contributed by atoms with Crippen LogP contribution in [0.3, 0.4) is 0 Å². The first-order valence-corrected chi connectivity index (χ1v) is 4.47. The minimum absolute atomic E-state index is 0.0504. The van der Waals surface area contributed by atoms with Crippen molar-refractivity contribution >= 4 is 5.97 Å². The lowest BCUT2D eigenvalue weighted by molar-refractivity contribution is -0.224. The van der Waals surface area contributed by atoms with Crippen LogP contribution >= 0.6 is 0 Å². The highest BCUT2D eigenvalue weighted by Crippen LogP contribution is 2.38. The van der Waals surface area contributed by atoms with Crippen molar-refractivity contribution < 1.29 is 22.7 Å². The second-order valence-corrected chi connectivity index (χ2v) is 3.61. The van der Waals surface area contributed by atoms with Crippen LogP contribution in [0, 0.1) is 5.41 Å². The molecule has 0 saturated heterocycles. The van der Waals surface area contributed by atoms with E-state index in [1.165, 1.54) is 0 Å². The molecular formula is C9H15F3O2. The summed E-state index contributed by atoms with van der Waals surface area (Å²) in [6.07, 6.45) is -3.20. The van der Waals surface area contributed by atoms with Gasteiger partial charge in [-0.1, -0.05) is 13.3 Å². The largest absolute Gasteiger partial charge is 0.465 e. The fourth-order valence-corrected chi connectivity index (χ4v) is 0.605. The molecule has 0 N–H and O–H groups in total. The third kappa shape index (κ3) is 3.20. The predicted molar refractivity (Wildman–Crippen MR) is 45.7 cm³/mol. The zero-order chi connectivity index (χ0) is 11.4. The van der Waals surface area contributed by atoms with Gasteiger partial charge in [0, 0.05) is 0 Å². The fraction of sp³-hybridized carbons (Fsp3) is 0.889. The molecule has 0 aliphatic heterocycles. The Hall–Kier alpha value is -0.740. The molecule has 0 aromatic rings.